The molecule has 0 saturated heterocycles. The average Bonchev–Trinajstić information content (AvgIpc) is 3.58. The summed E-state index contributed by atoms with van der Waals surface area (Å²) < 4.78 is 1.73. The first-order chi connectivity index (χ1) is 19.3. The van der Waals surface area contributed by atoms with Gasteiger partial charge in [-0.1, -0.05) is 76.9 Å². The number of allylic oxidation sites excluding steroid dienone is 4. The van der Waals surface area contributed by atoms with Gasteiger partial charge in [-0.2, -0.15) is 6.08 Å². The minimum Gasteiger partial charge on any atom is -0.273 e. The quantitative estimate of drug-likeness (QED) is 0.144. The fraction of sp³-hybridized carbons (Fsp3) is 0.400. The summed E-state index contributed by atoms with van der Waals surface area (Å²) in [4.78, 5) is 0. The molecule has 0 spiro atoms. The fourth-order valence-electron chi connectivity index (χ4n) is 5.28. The van der Waals surface area contributed by atoms with Gasteiger partial charge in [-0.15, -0.1) is 71.0 Å². The molecular formula is C40H50Cl2Hf. The Morgan fingerprint density at radius 2 is 1.30 bits per heavy atom. The van der Waals surface area contributed by atoms with E-state index in [1.807, 2.05) is 12.2 Å². The van der Waals surface area contributed by atoms with Gasteiger partial charge in [0, 0.05) is 0 Å². The van der Waals surface area contributed by atoms with Gasteiger partial charge in [-0.3, -0.25) is 6.08 Å². The van der Waals surface area contributed by atoms with E-state index in [1.54, 1.807) is 3.26 Å². The molecule has 2 aliphatic carbocycles. The molecule has 0 heterocycles. The fourth-order valence-corrected chi connectivity index (χ4v) is 6.91. The summed E-state index contributed by atoms with van der Waals surface area (Å²) in [6.07, 6.45) is 14.3. The van der Waals surface area contributed by atoms with Gasteiger partial charge >= 0.3 is 107 Å². The van der Waals surface area contributed by atoms with E-state index in [4.69, 9.17) is 0 Å². The van der Waals surface area contributed by atoms with Crippen LogP contribution in [-0.4, -0.2) is 3.26 Å². The van der Waals surface area contributed by atoms with E-state index in [1.165, 1.54) is 87.0 Å². The SMILES string of the molecule is CC(C)(C)c1ccc2c(c1)[cH-]c1cc(C(C)(C)C)ccc12.CC(C)c1ccc([C](=[Hf+2])C2CCC2)cc1.Cl.Cl.[C-]1=CC=CC1. The Hall–Kier alpha value is -1.67. The predicted molar refractivity (Wildman–Crippen MR) is 192 cm³/mol. The van der Waals surface area contributed by atoms with E-state index in [0.29, 0.717) is 5.92 Å². The molecule has 0 radical (unpaired) electrons. The Bertz CT molecular complexity index is 1450. The number of hydrogen-bond donors (Lipinski definition) is 0. The smallest absolute Gasteiger partial charge is 0.109 e. The topological polar surface area (TPSA) is 0 Å². The van der Waals surface area contributed by atoms with Crippen molar-refractivity contribution in [2.75, 3.05) is 0 Å². The van der Waals surface area contributed by atoms with Gasteiger partial charge in [0.25, 0.3) is 0 Å². The first-order valence-electron chi connectivity index (χ1n) is 15.4. The van der Waals surface area contributed by atoms with E-state index < -0.39 is 0 Å². The minimum atomic E-state index is 0. The van der Waals surface area contributed by atoms with E-state index in [9.17, 15) is 0 Å². The molecule has 1 saturated carbocycles. The van der Waals surface area contributed by atoms with Crippen LogP contribution in [0, 0.1) is 12.0 Å². The molecule has 6 rings (SSSR count). The average molecular weight is 780 g/mol. The van der Waals surface area contributed by atoms with E-state index in [0.717, 1.165) is 12.3 Å². The third kappa shape index (κ3) is 9.91. The van der Waals surface area contributed by atoms with E-state index in [-0.39, 0.29) is 35.6 Å². The molecule has 0 bridgehead atoms. The monoisotopic (exact) mass is 780 g/mol. The summed E-state index contributed by atoms with van der Waals surface area (Å²) in [5, 5.41) is 5.48. The van der Waals surface area contributed by atoms with Crippen molar-refractivity contribution in [3.05, 3.63) is 113 Å². The Kier molecular flexibility index (Phi) is 14.0. The zero-order valence-corrected chi connectivity index (χ0v) is 32.6. The van der Waals surface area contributed by atoms with Crippen molar-refractivity contribution in [2.45, 2.75) is 97.8 Å². The van der Waals surface area contributed by atoms with Crippen molar-refractivity contribution in [3.8, 4) is 0 Å². The van der Waals surface area contributed by atoms with Crippen LogP contribution in [0.15, 0.2) is 85.0 Å². The number of hydrogen-bond acceptors (Lipinski definition) is 0. The second kappa shape index (κ2) is 16.1. The van der Waals surface area contributed by atoms with Gasteiger partial charge in [-0.25, -0.2) is 12.2 Å². The van der Waals surface area contributed by atoms with Gasteiger partial charge < -0.3 is 0 Å². The summed E-state index contributed by atoms with van der Waals surface area (Å²) in [7, 11) is 0. The Labute approximate surface area is 288 Å². The second-order valence-corrected chi connectivity index (χ2v) is 16.0. The van der Waals surface area contributed by atoms with Gasteiger partial charge in [0.2, 0.25) is 0 Å². The maximum Gasteiger partial charge on any atom is -0.109 e. The summed E-state index contributed by atoms with van der Waals surface area (Å²) >= 11 is 1.23. The van der Waals surface area contributed by atoms with Crippen molar-refractivity contribution in [2.24, 2.45) is 5.92 Å². The van der Waals surface area contributed by atoms with Gasteiger partial charge in [0.1, 0.15) is 0 Å². The first-order valence-corrected chi connectivity index (χ1v) is 17.2. The van der Waals surface area contributed by atoms with Crippen molar-refractivity contribution < 1.29 is 23.9 Å². The number of fused-ring (bicyclic) bond motifs is 3. The van der Waals surface area contributed by atoms with Crippen LogP contribution in [-0.2, 0) is 34.7 Å². The van der Waals surface area contributed by atoms with E-state index >= 15 is 0 Å². The first kappa shape index (κ1) is 37.5. The van der Waals surface area contributed by atoms with Gasteiger partial charge in [-0.05, 0) is 10.8 Å². The molecule has 2 aliphatic rings. The molecule has 3 heteroatoms. The van der Waals surface area contributed by atoms with Gasteiger partial charge in [0.15, 0.2) is 0 Å². The van der Waals surface area contributed by atoms with Crippen LogP contribution in [0.2, 0.25) is 0 Å². The molecular weight excluding hydrogens is 730 g/mol. The van der Waals surface area contributed by atoms with Crippen molar-refractivity contribution in [1.82, 2.24) is 0 Å². The Morgan fingerprint density at radius 1 is 0.791 bits per heavy atom. The summed E-state index contributed by atoms with van der Waals surface area (Å²) in [5.41, 5.74) is 6.18. The molecule has 0 nitrogen and oxygen atoms in total. The van der Waals surface area contributed by atoms with Crippen LogP contribution in [0.5, 0.6) is 0 Å². The maximum absolute atomic E-state index is 2.99. The number of rotatable bonds is 3. The molecule has 4 aromatic rings. The summed E-state index contributed by atoms with van der Waals surface area (Å²) in [6.45, 7) is 18.1. The normalized spacial score (nSPS) is 14.3. The van der Waals surface area contributed by atoms with Crippen LogP contribution in [0.4, 0.5) is 0 Å². The number of benzene rings is 3. The maximum atomic E-state index is 2.99. The third-order valence-electron chi connectivity index (χ3n) is 8.42. The van der Waals surface area contributed by atoms with Crippen LogP contribution >= 0.6 is 24.8 Å². The van der Waals surface area contributed by atoms with Crippen LogP contribution < -0.4 is 0 Å². The molecule has 1 fully saturated rings. The van der Waals surface area contributed by atoms with Crippen molar-refractivity contribution >= 4 is 49.6 Å². The largest absolute Gasteiger partial charge is 0.273 e. The minimum absolute atomic E-state index is 0. The molecule has 0 amide bonds. The molecule has 0 aromatic heterocycles. The molecule has 0 N–H and O–H groups in total. The molecule has 4 aromatic carbocycles. The summed E-state index contributed by atoms with van der Waals surface area (Å²) in [5.74, 6) is 1.59. The summed E-state index contributed by atoms with van der Waals surface area (Å²) in [6, 6.07) is 25.4. The van der Waals surface area contributed by atoms with Crippen LogP contribution in [0.1, 0.15) is 109 Å². The zero-order chi connectivity index (χ0) is 29.8. The Morgan fingerprint density at radius 3 is 1.63 bits per heavy atom. The van der Waals surface area contributed by atoms with Crippen molar-refractivity contribution in [3.63, 3.8) is 0 Å². The Balaban J connectivity index is 0.000000256. The molecule has 228 valence electrons. The molecule has 0 unspecified atom stereocenters. The number of halogens is 2. The van der Waals surface area contributed by atoms with Crippen LogP contribution in [0.3, 0.4) is 0 Å². The third-order valence-corrected chi connectivity index (χ3v) is 10.9. The van der Waals surface area contributed by atoms with E-state index in [2.05, 4.69) is 134 Å². The molecule has 0 atom stereocenters. The van der Waals surface area contributed by atoms with Crippen molar-refractivity contribution in [1.29, 1.82) is 0 Å². The molecule has 43 heavy (non-hydrogen) atoms. The standard InChI is InChI=1S/C21H25.C14H18.C5H5.2ClH.Hf/c1-20(2,3)16-7-9-18-14(12-16)11-15-13-17(21(4,5)6)8-10-19(15)18;1-11(2)14-8-6-13(7-9-14)10-12-4-3-5-12;1-2-4-5-3-1;;;/h7-13H,1-6H3;6-9,11-12H,3-5H2,1-2H3;1-3H,4H2;2*1H;/q-1;;-1;;;+2. The van der Waals surface area contributed by atoms with Crippen LogP contribution in [0.25, 0.3) is 21.5 Å². The predicted octanol–water partition coefficient (Wildman–Crippen LogP) is 12.1. The zero-order valence-electron chi connectivity index (χ0n) is 27.4. The van der Waals surface area contributed by atoms with Gasteiger partial charge in [0.05, 0.1) is 0 Å². The second-order valence-electron chi connectivity index (χ2n) is 14.1. The molecule has 0 aliphatic heterocycles.